The van der Waals surface area contributed by atoms with Crippen LogP contribution in [0.25, 0.3) is 0 Å². The number of amides is 1. The summed E-state index contributed by atoms with van der Waals surface area (Å²) in [6, 6.07) is 0.401. The molecular weight excluding hydrogens is 453 g/mol. The summed E-state index contributed by atoms with van der Waals surface area (Å²) in [5.41, 5.74) is 0.269. The Morgan fingerprint density at radius 2 is 1.70 bits per heavy atom. The van der Waals surface area contributed by atoms with Crippen molar-refractivity contribution in [1.29, 1.82) is 0 Å². The summed E-state index contributed by atoms with van der Waals surface area (Å²) in [5, 5.41) is 9.88. The minimum atomic E-state index is 0. The van der Waals surface area contributed by atoms with Crippen molar-refractivity contribution in [2.45, 2.75) is 82.7 Å². The minimum absolute atomic E-state index is 0. The lowest BCUT2D eigenvalue weighted by Crippen LogP contribution is -2.59. The van der Waals surface area contributed by atoms with Crippen LogP contribution in [0, 0.1) is 0 Å². The van der Waals surface area contributed by atoms with Crippen molar-refractivity contribution in [3.8, 4) is 0 Å². The van der Waals surface area contributed by atoms with Crippen molar-refractivity contribution < 1.29 is 4.79 Å². The van der Waals surface area contributed by atoms with Crippen LogP contribution >= 0.6 is 24.0 Å². The van der Waals surface area contributed by atoms with Gasteiger partial charge in [0.2, 0.25) is 5.91 Å². The van der Waals surface area contributed by atoms with E-state index in [4.69, 9.17) is 0 Å². The molecule has 3 N–H and O–H groups in total. The van der Waals surface area contributed by atoms with Gasteiger partial charge >= 0.3 is 0 Å². The molecule has 0 aromatic heterocycles. The van der Waals surface area contributed by atoms with Crippen molar-refractivity contribution in [3.05, 3.63) is 0 Å². The molecule has 1 heterocycles. The molecule has 0 atom stereocenters. The van der Waals surface area contributed by atoms with E-state index in [0.717, 1.165) is 31.9 Å². The van der Waals surface area contributed by atoms with Gasteiger partial charge in [0.05, 0.1) is 0 Å². The van der Waals surface area contributed by atoms with Crippen LogP contribution in [0.4, 0.5) is 0 Å². The number of hydrogen-bond acceptors (Lipinski definition) is 3. The van der Waals surface area contributed by atoms with Crippen LogP contribution in [-0.2, 0) is 4.79 Å². The van der Waals surface area contributed by atoms with Gasteiger partial charge in [-0.05, 0) is 58.5 Å². The number of likely N-dealkylation sites (tertiary alicyclic amines) is 1. The van der Waals surface area contributed by atoms with E-state index in [1.807, 2.05) is 0 Å². The predicted molar refractivity (Wildman–Crippen MR) is 122 cm³/mol. The zero-order valence-electron chi connectivity index (χ0n) is 16.9. The largest absolute Gasteiger partial charge is 0.357 e. The highest BCUT2D eigenvalue weighted by molar-refractivity contribution is 14.0. The average Bonchev–Trinajstić information content (AvgIpc) is 3.49. The summed E-state index contributed by atoms with van der Waals surface area (Å²) in [6.07, 6.45) is 12.9. The van der Waals surface area contributed by atoms with Crippen molar-refractivity contribution in [3.63, 3.8) is 0 Å². The number of guanidine groups is 1. The number of aliphatic imine (C=N–C) groups is 1. The number of carbonyl (C=O) groups is 1. The van der Waals surface area contributed by atoms with Crippen LogP contribution in [0.15, 0.2) is 4.99 Å². The maximum atomic E-state index is 11.9. The number of rotatable bonds is 7. The fraction of sp³-hybridized carbons (Fsp3) is 0.900. The second-order valence-electron chi connectivity index (χ2n) is 8.22. The van der Waals surface area contributed by atoms with Gasteiger partial charge in [0, 0.05) is 24.7 Å². The van der Waals surface area contributed by atoms with Gasteiger partial charge in [-0.25, -0.2) is 4.99 Å². The summed E-state index contributed by atoms with van der Waals surface area (Å²) in [5.74, 6) is 0.813. The van der Waals surface area contributed by atoms with Crippen molar-refractivity contribution in [1.82, 2.24) is 20.9 Å². The maximum Gasteiger partial charge on any atom is 0.242 e. The van der Waals surface area contributed by atoms with Gasteiger partial charge in [-0.1, -0.05) is 25.7 Å². The molecule has 0 aromatic rings. The van der Waals surface area contributed by atoms with E-state index in [0.29, 0.717) is 6.04 Å². The molecule has 1 saturated heterocycles. The van der Waals surface area contributed by atoms with Crippen molar-refractivity contribution in [2.75, 3.05) is 32.7 Å². The number of carbonyl (C=O) groups excluding carboxylic acids is 1. The molecule has 3 rings (SSSR count). The molecule has 156 valence electrons. The normalized spacial score (nSPS) is 23.2. The molecule has 0 unspecified atom stereocenters. The van der Waals surface area contributed by atoms with Crippen LogP contribution in [0.3, 0.4) is 0 Å². The molecule has 0 aromatic carbocycles. The Morgan fingerprint density at radius 1 is 1.04 bits per heavy atom. The van der Waals surface area contributed by atoms with Gasteiger partial charge in [0.1, 0.15) is 6.54 Å². The molecule has 7 heteroatoms. The van der Waals surface area contributed by atoms with Gasteiger partial charge in [-0.2, -0.15) is 0 Å². The highest BCUT2D eigenvalue weighted by Crippen LogP contribution is 2.35. The molecule has 1 aliphatic heterocycles. The highest BCUT2D eigenvalue weighted by Gasteiger charge is 2.38. The SMILES string of the molecule is CCNC(=NCC(=O)NC1CC1)NCC1(N2CCCCC2)CCCCC1.I. The molecule has 3 aliphatic rings. The average molecular weight is 491 g/mol. The molecular formula is C20H38IN5O. The molecule has 2 saturated carbocycles. The zero-order chi connectivity index (χ0) is 18.2. The van der Waals surface area contributed by atoms with E-state index in [1.54, 1.807) is 0 Å². The second kappa shape index (κ2) is 11.4. The standard InChI is InChI=1S/C20H37N5O.HI/c1-2-21-19(22-15-18(26)24-17-9-10-17)23-16-20(11-5-3-6-12-20)25-13-7-4-8-14-25;/h17H,2-16H2,1H3,(H,24,26)(H2,21,22,23);1H. The maximum absolute atomic E-state index is 11.9. The summed E-state index contributed by atoms with van der Waals surface area (Å²) < 4.78 is 0. The van der Waals surface area contributed by atoms with Gasteiger partial charge < -0.3 is 16.0 Å². The molecule has 0 spiro atoms. The molecule has 27 heavy (non-hydrogen) atoms. The quantitative estimate of drug-likeness (QED) is 0.291. The number of hydrogen-bond donors (Lipinski definition) is 3. The van der Waals surface area contributed by atoms with Crippen molar-refractivity contribution in [2.24, 2.45) is 4.99 Å². The van der Waals surface area contributed by atoms with Crippen molar-refractivity contribution >= 4 is 35.8 Å². The Kier molecular flexibility index (Phi) is 9.62. The van der Waals surface area contributed by atoms with Crippen LogP contribution in [0.2, 0.25) is 0 Å². The first-order valence-corrected chi connectivity index (χ1v) is 10.8. The predicted octanol–water partition coefficient (Wildman–Crippen LogP) is 2.63. The Hall–Kier alpha value is -0.570. The number of nitrogens with one attached hydrogen (secondary N) is 3. The number of nitrogens with zero attached hydrogens (tertiary/aromatic N) is 2. The Labute approximate surface area is 181 Å². The first-order chi connectivity index (χ1) is 12.7. The minimum Gasteiger partial charge on any atom is -0.357 e. The molecule has 6 nitrogen and oxygen atoms in total. The lowest BCUT2D eigenvalue weighted by atomic mass is 9.79. The summed E-state index contributed by atoms with van der Waals surface area (Å²) in [6.45, 7) is 6.50. The zero-order valence-corrected chi connectivity index (χ0v) is 19.2. The van der Waals surface area contributed by atoms with Crippen LogP contribution in [-0.4, -0.2) is 61.1 Å². The van der Waals surface area contributed by atoms with Crippen LogP contribution in [0.5, 0.6) is 0 Å². The molecule has 0 bridgehead atoms. The van der Waals surface area contributed by atoms with Gasteiger partial charge in [0.25, 0.3) is 0 Å². The highest BCUT2D eigenvalue weighted by atomic mass is 127. The monoisotopic (exact) mass is 491 g/mol. The van der Waals surface area contributed by atoms with E-state index in [9.17, 15) is 4.79 Å². The first kappa shape index (κ1) is 22.7. The van der Waals surface area contributed by atoms with Crippen LogP contribution in [0.1, 0.15) is 71.1 Å². The molecule has 2 aliphatic carbocycles. The van der Waals surface area contributed by atoms with E-state index in [2.05, 4.69) is 32.8 Å². The van der Waals surface area contributed by atoms with E-state index in [1.165, 1.54) is 64.5 Å². The number of piperidine rings is 1. The number of halogens is 1. The lowest BCUT2D eigenvalue weighted by Gasteiger charge is -2.48. The van der Waals surface area contributed by atoms with Gasteiger partial charge in [-0.15, -0.1) is 24.0 Å². The molecule has 3 fully saturated rings. The fourth-order valence-corrected chi connectivity index (χ4v) is 4.42. The third-order valence-electron chi connectivity index (χ3n) is 6.06. The lowest BCUT2D eigenvalue weighted by molar-refractivity contribution is -0.119. The second-order valence-corrected chi connectivity index (χ2v) is 8.22. The fourth-order valence-electron chi connectivity index (χ4n) is 4.42. The summed E-state index contributed by atoms with van der Waals surface area (Å²) in [4.78, 5) is 19.2. The summed E-state index contributed by atoms with van der Waals surface area (Å²) in [7, 11) is 0. The van der Waals surface area contributed by atoms with Gasteiger partial charge in [0.15, 0.2) is 5.96 Å². The molecule has 0 radical (unpaired) electrons. The van der Waals surface area contributed by atoms with E-state index in [-0.39, 0.29) is 42.0 Å². The third-order valence-corrected chi connectivity index (χ3v) is 6.06. The van der Waals surface area contributed by atoms with Gasteiger partial charge in [-0.3, -0.25) is 9.69 Å². The Morgan fingerprint density at radius 3 is 2.33 bits per heavy atom. The topological polar surface area (TPSA) is 68.8 Å². The van der Waals surface area contributed by atoms with E-state index >= 15 is 0 Å². The Balaban J connectivity index is 0.00000261. The van der Waals surface area contributed by atoms with Crippen LogP contribution < -0.4 is 16.0 Å². The van der Waals surface area contributed by atoms with E-state index < -0.39 is 0 Å². The summed E-state index contributed by atoms with van der Waals surface area (Å²) >= 11 is 0. The molecule has 1 amide bonds. The third kappa shape index (κ3) is 7.07. The first-order valence-electron chi connectivity index (χ1n) is 10.8. The smallest absolute Gasteiger partial charge is 0.242 e. The Bertz CT molecular complexity index is 483.